The first-order valence-electron chi connectivity index (χ1n) is 5.44. The van der Waals surface area contributed by atoms with E-state index < -0.39 is 22.3 Å². The summed E-state index contributed by atoms with van der Waals surface area (Å²) in [5.41, 5.74) is 0.667. The smallest absolute Gasteiger partial charge is 0.130 e. The Balaban J connectivity index is 2.52. The molecule has 2 aromatic rings. The minimum absolute atomic E-state index is 0.167. The summed E-state index contributed by atoms with van der Waals surface area (Å²) < 4.78 is 40.7. The minimum atomic E-state index is -0.732. The third-order valence-corrected chi connectivity index (χ3v) is 4.00. The summed E-state index contributed by atoms with van der Waals surface area (Å²) in [5.74, 6) is -1.87. The molecule has 0 spiro atoms. The highest BCUT2D eigenvalue weighted by atomic mass is 79.9. The van der Waals surface area contributed by atoms with Crippen LogP contribution in [0, 0.1) is 24.4 Å². The molecule has 0 saturated carbocycles. The van der Waals surface area contributed by atoms with Gasteiger partial charge in [0.15, 0.2) is 0 Å². The lowest BCUT2D eigenvalue weighted by Crippen LogP contribution is -2.01. The Morgan fingerprint density at radius 1 is 0.947 bits per heavy atom. The van der Waals surface area contributed by atoms with Gasteiger partial charge in [-0.3, -0.25) is 0 Å². The Bertz CT molecular complexity index is 628. The third-order valence-electron chi connectivity index (χ3n) is 2.78. The molecule has 0 nitrogen and oxygen atoms in total. The average molecular weight is 350 g/mol. The molecular formula is C14H9BrClF3. The van der Waals surface area contributed by atoms with Crippen LogP contribution in [0.5, 0.6) is 0 Å². The van der Waals surface area contributed by atoms with Gasteiger partial charge in [-0.05, 0) is 36.8 Å². The second-order valence-corrected chi connectivity index (χ2v) is 5.50. The first-order chi connectivity index (χ1) is 8.90. The first-order valence-corrected chi connectivity index (χ1v) is 6.74. The van der Waals surface area contributed by atoms with Crippen LogP contribution in [0.2, 0.25) is 5.02 Å². The Kier molecular flexibility index (Phi) is 4.21. The summed E-state index contributed by atoms with van der Waals surface area (Å²) in [6.45, 7) is 1.52. The molecule has 0 aliphatic heterocycles. The van der Waals surface area contributed by atoms with Gasteiger partial charge in [0.05, 0.1) is 4.83 Å². The molecule has 0 saturated heterocycles. The van der Waals surface area contributed by atoms with E-state index in [0.29, 0.717) is 10.6 Å². The molecule has 0 heterocycles. The molecule has 2 aromatic carbocycles. The number of hydrogen-bond acceptors (Lipinski definition) is 0. The first kappa shape index (κ1) is 14.4. The Hall–Kier alpha value is -1.00. The summed E-state index contributed by atoms with van der Waals surface area (Å²) >= 11 is 9.03. The summed E-state index contributed by atoms with van der Waals surface area (Å²) in [6, 6.07) is 6.17. The van der Waals surface area contributed by atoms with Crippen molar-refractivity contribution in [3.63, 3.8) is 0 Å². The fraction of sp³-hybridized carbons (Fsp3) is 0.143. The van der Waals surface area contributed by atoms with E-state index in [1.54, 1.807) is 0 Å². The Labute approximate surface area is 122 Å². The maximum Gasteiger partial charge on any atom is 0.130 e. The van der Waals surface area contributed by atoms with Gasteiger partial charge in [0.2, 0.25) is 0 Å². The molecular weight excluding hydrogens is 341 g/mol. The fourth-order valence-electron chi connectivity index (χ4n) is 1.75. The van der Waals surface area contributed by atoms with Crippen LogP contribution in [0.1, 0.15) is 21.5 Å². The van der Waals surface area contributed by atoms with E-state index in [4.69, 9.17) is 11.6 Å². The molecule has 19 heavy (non-hydrogen) atoms. The summed E-state index contributed by atoms with van der Waals surface area (Å²) in [5, 5.41) is 0.347. The molecule has 0 aromatic heterocycles. The van der Waals surface area contributed by atoms with Gasteiger partial charge < -0.3 is 0 Å². The maximum atomic E-state index is 13.8. The second-order valence-electron chi connectivity index (χ2n) is 4.15. The molecule has 100 valence electrons. The normalized spacial score (nSPS) is 12.5. The number of alkyl halides is 1. The minimum Gasteiger partial charge on any atom is -0.207 e. The number of hydrogen-bond donors (Lipinski definition) is 0. The van der Waals surface area contributed by atoms with E-state index in [-0.39, 0.29) is 11.1 Å². The molecule has 0 aliphatic rings. The van der Waals surface area contributed by atoms with Crippen LogP contribution in [0.25, 0.3) is 0 Å². The lowest BCUT2D eigenvalue weighted by molar-refractivity contribution is 0.566. The Morgan fingerprint density at radius 2 is 1.58 bits per heavy atom. The fourth-order valence-corrected chi connectivity index (χ4v) is 2.63. The van der Waals surface area contributed by atoms with E-state index >= 15 is 0 Å². The van der Waals surface area contributed by atoms with Gasteiger partial charge in [0.1, 0.15) is 17.5 Å². The van der Waals surface area contributed by atoms with Crippen molar-refractivity contribution in [3.05, 3.63) is 69.5 Å². The van der Waals surface area contributed by atoms with Gasteiger partial charge in [-0.25, -0.2) is 13.2 Å². The van der Waals surface area contributed by atoms with Crippen molar-refractivity contribution in [1.82, 2.24) is 0 Å². The van der Waals surface area contributed by atoms with Gasteiger partial charge in [-0.2, -0.15) is 0 Å². The van der Waals surface area contributed by atoms with Gasteiger partial charge >= 0.3 is 0 Å². The van der Waals surface area contributed by atoms with Gasteiger partial charge in [-0.1, -0.05) is 27.5 Å². The van der Waals surface area contributed by atoms with Crippen LogP contribution < -0.4 is 0 Å². The van der Waals surface area contributed by atoms with Crippen LogP contribution in [0.4, 0.5) is 13.2 Å². The summed E-state index contributed by atoms with van der Waals surface area (Å²) in [6.07, 6.45) is 0. The standard InChI is InChI=1S/C14H9BrClF3/c1-7-4-9(13(19)6-12(7)18)14(15)10-5-8(16)2-3-11(10)17/h2-6,14H,1H3. The maximum absolute atomic E-state index is 13.8. The molecule has 0 fully saturated rings. The zero-order valence-electron chi connectivity index (χ0n) is 9.85. The topological polar surface area (TPSA) is 0 Å². The van der Waals surface area contributed by atoms with Gasteiger partial charge in [-0.15, -0.1) is 0 Å². The van der Waals surface area contributed by atoms with E-state index in [0.717, 1.165) is 6.07 Å². The monoisotopic (exact) mass is 348 g/mol. The summed E-state index contributed by atoms with van der Waals surface area (Å²) in [7, 11) is 0. The van der Waals surface area contributed by atoms with Crippen molar-refractivity contribution in [2.45, 2.75) is 11.8 Å². The van der Waals surface area contributed by atoms with Crippen molar-refractivity contribution in [2.24, 2.45) is 0 Å². The predicted molar refractivity (Wildman–Crippen MR) is 73.3 cm³/mol. The van der Waals surface area contributed by atoms with E-state index in [1.807, 2.05) is 0 Å². The zero-order valence-corrected chi connectivity index (χ0v) is 12.2. The van der Waals surface area contributed by atoms with Crippen LogP contribution >= 0.6 is 27.5 Å². The molecule has 1 unspecified atom stereocenters. The summed E-state index contributed by atoms with van der Waals surface area (Å²) in [4.78, 5) is -0.731. The van der Waals surface area contributed by atoms with Crippen molar-refractivity contribution in [1.29, 1.82) is 0 Å². The second kappa shape index (κ2) is 5.55. The predicted octanol–water partition coefficient (Wildman–Crippen LogP) is 5.55. The van der Waals surface area contributed by atoms with Crippen molar-refractivity contribution < 1.29 is 13.2 Å². The Morgan fingerprint density at radius 3 is 2.26 bits per heavy atom. The number of aryl methyl sites for hydroxylation is 1. The molecule has 0 amide bonds. The van der Waals surface area contributed by atoms with Crippen LogP contribution in [0.15, 0.2) is 30.3 Å². The molecule has 5 heteroatoms. The molecule has 0 N–H and O–H groups in total. The van der Waals surface area contributed by atoms with E-state index in [9.17, 15) is 13.2 Å². The zero-order chi connectivity index (χ0) is 14.2. The number of halogens is 5. The molecule has 1 atom stereocenters. The van der Waals surface area contributed by atoms with Crippen molar-refractivity contribution in [3.8, 4) is 0 Å². The van der Waals surface area contributed by atoms with E-state index in [1.165, 1.54) is 31.2 Å². The quantitative estimate of drug-likeness (QED) is 0.624. The highest BCUT2D eigenvalue weighted by Gasteiger charge is 2.20. The SMILES string of the molecule is Cc1cc(C(Br)c2cc(Cl)ccc2F)c(F)cc1F. The number of rotatable bonds is 2. The molecule has 0 bridgehead atoms. The van der Waals surface area contributed by atoms with Gasteiger partial charge in [0.25, 0.3) is 0 Å². The highest BCUT2D eigenvalue weighted by molar-refractivity contribution is 9.09. The largest absolute Gasteiger partial charge is 0.207 e. The lowest BCUT2D eigenvalue weighted by Gasteiger charge is -2.14. The highest BCUT2D eigenvalue weighted by Crippen LogP contribution is 2.36. The van der Waals surface area contributed by atoms with Crippen LogP contribution in [-0.2, 0) is 0 Å². The average Bonchev–Trinajstić information content (AvgIpc) is 2.36. The van der Waals surface area contributed by atoms with E-state index in [2.05, 4.69) is 15.9 Å². The van der Waals surface area contributed by atoms with Crippen molar-refractivity contribution >= 4 is 27.5 Å². The molecule has 0 aliphatic carbocycles. The number of benzene rings is 2. The lowest BCUT2D eigenvalue weighted by atomic mass is 10.0. The van der Waals surface area contributed by atoms with Crippen molar-refractivity contribution in [2.75, 3.05) is 0 Å². The van der Waals surface area contributed by atoms with Crippen LogP contribution in [-0.4, -0.2) is 0 Å². The molecule has 0 radical (unpaired) electrons. The van der Waals surface area contributed by atoms with Gasteiger partial charge in [0, 0.05) is 22.2 Å². The van der Waals surface area contributed by atoms with Crippen LogP contribution in [0.3, 0.4) is 0 Å². The third kappa shape index (κ3) is 2.95. The molecule has 2 rings (SSSR count).